The third kappa shape index (κ3) is 5.78. The Morgan fingerprint density at radius 1 is 0.500 bits per heavy atom. The molecule has 4 heterocycles. The first-order chi connectivity index (χ1) is 6.24. The van der Waals surface area contributed by atoms with Gasteiger partial charge in [0.1, 0.15) is 14.6 Å². The average Bonchev–Trinajstić information content (AvgIpc) is 1.67. The van der Waals surface area contributed by atoms with Crippen molar-refractivity contribution >= 4 is 154 Å². The number of halogens is 1. The molecule has 18 heteroatoms. The van der Waals surface area contributed by atoms with E-state index in [-0.39, 0.29) is 63.6 Å². The first-order valence-electron chi connectivity index (χ1n) is 2.92. The summed E-state index contributed by atoms with van der Waals surface area (Å²) >= 11 is 34.5. The standard InChI is InChI=1S/ClH.2Li.P4S10.S/c;;;5-1-9-2(6)12-3(7,10-1)14-4(8,11-1)13-2;/h1H;;;;/q;2*+1;;-2. The maximum Gasteiger partial charge on any atom is 1.00 e. The van der Waals surface area contributed by atoms with Gasteiger partial charge in [-0.1, -0.05) is 47.2 Å². The van der Waals surface area contributed by atoms with Crippen molar-refractivity contribution in [3.63, 3.8) is 0 Å². The molecule has 4 rings (SSSR count). The molecular weight excluding hydrogens is 526 g/mol. The van der Waals surface area contributed by atoms with Crippen LogP contribution in [-0.2, 0) is 60.7 Å². The summed E-state index contributed by atoms with van der Waals surface area (Å²) in [4.78, 5) is 0. The summed E-state index contributed by atoms with van der Waals surface area (Å²) in [5.74, 6) is 0. The maximum atomic E-state index is 5.75. The van der Waals surface area contributed by atoms with Crippen molar-refractivity contribution in [2.45, 2.75) is 0 Å². The van der Waals surface area contributed by atoms with E-state index in [0.29, 0.717) is 0 Å². The molecule has 0 aromatic rings. The van der Waals surface area contributed by atoms with Crippen molar-refractivity contribution in [1.82, 2.24) is 0 Å². The Labute approximate surface area is 187 Å². The molecule has 4 aliphatic heterocycles. The first-order valence-corrected chi connectivity index (χ1v) is 26.3. The number of hydrogen-bond donors (Lipinski definition) is 0. The minimum atomic E-state index is -1.41. The molecule has 96 valence electrons. The van der Waals surface area contributed by atoms with Gasteiger partial charge in [0.05, 0.1) is 0 Å². The molecule has 0 aliphatic carbocycles. The third-order valence-electron chi connectivity index (χ3n) is 1.20. The smallest absolute Gasteiger partial charge is 1.00 e. The van der Waals surface area contributed by atoms with Gasteiger partial charge < -0.3 is 13.5 Å². The molecule has 0 spiro atoms. The van der Waals surface area contributed by atoms with Crippen LogP contribution in [0.5, 0.6) is 0 Å². The van der Waals surface area contributed by atoms with Crippen LogP contribution in [-0.4, -0.2) is 0 Å². The van der Waals surface area contributed by atoms with Gasteiger partial charge in [0.25, 0.3) is 0 Å². The van der Waals surface area contributed by atoms with E-state index in [1.807, 2.05) is 66.0 Å². The van der Waals surface area contributed by atoms with Gasteiger partial charge in [0.2, 0.25) is 0 Å². The fourth-order valence-electron chi connectivity index (χ4n) is 0.914. The predicted octanol–water partition coefficient (Wildman–Crippen LogP) is 1.75. The Balaban J connectivity index is 0. The van der Waals surface area contributed by atoms with Crippen LogP contribution in [0.2, 0.25) is 0 Å². The Kier molecular flexibility index (Phi) is 13.3. The van der Waals surface area contributed by atoms with Crippen LogP contribution in [0.1, 0.15) is 0 Å². The molecule has 4 bridgehead atoms. The molecule has 0 radical (unpaired) electrons. The Bertz CT molecular complexity index is 359. The van der Waals surface area contributed by atoms with E-state index in [0.717, 1.165) is 0 Å². The molecular formula is HClLi2P4S11. The van der Waals surface area contributed by atoms with E-state index in [9.17, 15) is 0 Å². The quantitative estimate of drug-likeness (QED) is 0.337. The SMILES string of the molecule is Cl.S=P12SP3(=S)SP(=S)(S1)SP(=S)(S2)S3.[Li+].[Li+].[S-2]. The van der Waals surface area contributed by atoms with Crippen LogP contribution in [0.3, 0.4) is 0 Å². The molecule has 4 saturated heterocycles. The molecule has 0 atom stereocenters. The normalized spacial score (nSPS) is 51.1. The van der Waals surface area contributed by atoms with E-state index < -0.39 is 14.6 Å². The summed E-state index contributed by atoms with van der Waals surface area (Å²) in [6.45, 7) is 0. The molecule has 0 saturated carbocycles. The van der Waals surface area contributed by atoms with Gasteiger partial charge >= 0.3 is 37.7 Å². The zero-order valence-corrected chi connectivity index (χ0v) is 22.1. The monoisotopic (exact) mass is 526 g/mol. The Morgan fingerprint density at radius 3 is 0.722 bits per heavy atom. The summed E-state index contributed by atoms with van der Waals surface area (Å²) in [6, 6.07) is 0. The molecule has 4 fully saturated rings. The van der Waals surface area contributed by atoms with E-state index in [1.165, 1.54) is 0 Å². The number of hydrogen-bond acceptors (Lipinski definition) is 10. The molecule has 0 amide bonds. The Morgan fingerprint density at radius 2 is 0.611 bits per heavy atom. The zero-order valence-electron chi connectivity index (χ0n) is 8.69. The molecule has 0 unspecified atom stereocenters. The Hall–Kier alpha value is 6.53. The fourth-order valence-corrected chi connectivity index (χ4v) is 222. The van der Waals surface area contributed by atoms with Crippen LogP contribution in [0.4, 0.5) is 0 Å². The van der Waals surface area contributed by atoms with E-state index in [2.05, 4.69) is 0 Å². The third-order valence-corrected chi connectivity index (χ3v) is 97.2. The van der Waals surface area contributed by atoms with E-state index >= 15 is 0 Å². The van der Waals surface area contributed by atoms with Gasteiger partial charge in [-0.25, -0.2) is 0 Å². The van der Waals surface area contributed by atoms with Gasteiger partial charge in [-0.2, -0.15) is 0 Å². The van der Waals surface area contributed by atoms with Crippen LogP contribution < -0.4 is 37.7 Å². The second-order valence-corrected chi connectivity index (χ2v) is 61.5. The minimum Gasteiger partial charge on any atom is -2.00 e. The van der Waals surface area contributed by atoms with Crippen LogP contribution >= 0.6 is 93.0 Å². The molecule has 0 aromatic heterocycles. The summed E-state index contributed by atoms with van der Waals surface area (Å²) < 4.78 is -5.64. The fraction of sp³-hybridized carbons (Fsp3) is 0. The first kappa shape index (κ1) is 26.8. The number of rotatable bonds is 0. The predicted molar refractivity (Wildman–Crippen MR) is 117 cm³/mol. The van der Waals surface area contributed by atoms with Gasteiger partial charge in [-0.15, -0.1) is 12.4 Å². The van der Waals surface area contributed by atoms with Gasteiger partial charge in [-0.05, 0) is 66.0 Å². The largest absolute Gasteiger partial charge is 2.00 e. The van der Waals surface area contributed by atoms with Crippen LogP contribution in [0.15, 0.2) is 0 Å². The van der Waals surface area contributed by atoms with Crippen molar-refractivity contribution in [3.8, 4) is 0 Å². The molecule has 4 aliphatic rings. The van der Waals surface area contributed by atoms with E-state index in [1.54, 1.807) is 0 Å². The van der Waals surface area contributed by atoms with Crippen LogP contribution in [0.25, 0.3) is 0 Å². The maximum absolute atomic E-state index is 5.75. The summed E-state index contributed by atoms with van der Waals surface area (Å²) in [7, 11) is 0. The second-order valence-electron chi connectivity index (χ2n) is 2.28. The van der Waals surface area contributed by atoms with Crippen molar-refractivity contribution in [3.05, 3.63) is 0 Å². The van der Waals surface area contributed by atoms with Crippen molar-refractivity contribution in [2.75, 3.05) is 0 Å². The average molecular weight is 527 g/mol. The molecule has 0 aromatic carbocycles. The van der Waals surface area contributed by atoms with Gasteiger partial charge in [0, 0.05) is 0 Å². The molecule has 18 heavy (non-hydrogen) atoms. The zero-order chi connectivity index (χ0) is 10.2. The molecule has 0 N–H and O–H groups in total. The topological polar surface area (TPSA) is 0 Å². The summed E-state index contributed by atoms with van der Waals surface area (Å²) in [6.07, 6.45) is 0. The van der Waals surface area contributed by atoms with Gasteiger partial charge in [-0.3, -0.25) is 0 Å². The molecule has 0 nitrogen and oxygen atoms in total. The van der Waals surface area contributed by atoms with E-state index in [4.69, 9.17) is 47.2 Å². The van der Waals surface area contributed by atoms with Crippen molar-refractivity contribution < 1.29 is 37.7 Å². The van der Waals surface area contributed by atoms with Gasteiger partial charge in [0.15, 0.2) is 0 Å². The van der Waals surface area contributed by atoms with Crippen molar-refractivity contribution in [1.29, 1.82) is 0 Å². The van der Waals surface area contributed by atoms with Crippen LogP contribution in [0, 0.1) is 0 Å². The second kappa shape index (κ2) is 8.95. The minimum absolute atomic E-state index is 0. The summed E-state index contributed by atoms with van der Waals surface area (Å²) in [5, 5.41) is 0. The summed E-state index contributed by atoms with van der Waals surface area (Å²) in [5.41, 5.74) is 0. The van der Waals surface area contributed by atoms with Crippen molar-refractivity contribution in [2.24, 2.45) is 0 Å².